The van der Waals surface area contributed by atoms with E-state index in [0.29, 0.717) is 31.9 Å². The Balaban J connectivity index is 0.00000242. The minimum atomic E-state index is -0.189. The van der Waals surface area contributed by atoms with E-state index in [0.717, 1.165) is 17.3 Å². The van der Waals surface area contributed by atoms with Crippen LogP contribution in [0.15, 0.2) is 22.8 Å². The van der Waals surface area contributed by atoms with Crippen molar-refractivity contribution < 1.29 is 9.59 Å². The molecular weight excluding hydrogens is 372 g/mol. The highest BCUT2D eigenvalue weighted by Gasteiger charge is 2.28. The number of aromatic nitrogens is 1. The van der Waals surface area contributed by atoms with Crippen molar-refractivity contribution in [2.75, 3.05) is 25.0 Å². The Kier molecular flexibility index (Phi) is 7.78. The lowest BCUT2D eigenvalue weighted by Crippen LogP contribution is -2.44. The lowest BCUT2D eigenvalue weighted by molar-refractivity contribution is -0.134. The van der Waals surface area contributed by atoms with Crippen LogP contribution in [0.1, 0.15) is 19.3 Å². The summed E-state index contributed by atoms with van der Waals surface area (Å²) >= 11 is 3.30. The maximum absolute atomic E-state index is 12.3. The molecule has 0 spiro atoms. The van der Waals surface area contributed by atoms with Gasteiger partial charge in [-0.2, -0.15) is 0 Å². The van der Waals surface area contributed by atoms with Gasteiger partial charge in [0.2, 0.25) is 11.8 Å². The number of carbonyl (C=O) groups is 2. The normalized spacial score (nSPS) is 17.5. The molecule has 1 aliphatic rings. The third-order valence-electron chi connectivity index (χ3n) is 3.48. The molecule has 122 valence electrons. The molecule has 0 aliphatic carbocycles. The summed E-state index contributed by atoms with van der Waals surface area (Å²) in [4.78, 5) is 30.0. The standard InChI is InChI=1S/C14H19BrN4O2.ClH/c15-11-3-4-12(17-8-11)18-14(21)10-2-1-7-19(9-10)13(20)5-6-16;/h3-4,8,10H,1-2,5-7,9,16H2,(H,17,18,21);1H. The van der Waals surface area contributed by atoms with Crippen LogP contribution in [0.25, 0.3) is 0 Å². The summed E-state index contributed by atoms with van der Waals surface area (Å²) in [6, 6.07) is 3.56. The largest absolute Gasteiger partial charge is 0.342 e. The highest BCUT2D eigenvalue weighted by Crippen LogP contribution is 2.19. The van der Waals surface area contributed by atoms with E-state index < -0.39 is 0 Å². The Morgan fingerprint density at radius 3 is 2.86 bits per heavy atom. The monoisotopic (exact) mass is 390 g/mol. The molecule has 8 heteroatoms. The number of hydrogen-bond donors (Lipinski definition) is 2. The van der Waals surface area contributed by atoms with Crippen molar-refractivity contribution in [1.29, 1.82) is 0 Å². The lowest BCUT2D eigenvalue weighted by atomic mass is 9.97. The summed E-state index contributed by atoms with van der Waals surface area (Å²) in [6.07, 6.45) is 3.59. The molecule has 1 atom stereocenters. The Bertz CT molecular complexity index is 512. The Morgan fingerprint density at radius 2 is 2.23 bits per heavy atom. The van der Waals surface area contributed by atoms with Crippen molar-refractivity contribution in [2.45, 2.75) is 19.3 Å². The van der Waals surface area contributed by atoms with Gasteiger partial charge in [-0.05, 0) is 40.9 Å². The summed E-state index contributed by atoms with van der Waals surface area (Å²) in [5.74, 6) is 0.270. The first-order chi connectivity index (χ1) is 10.1. The van der Waals surface area contributed by atoms with E-state index in [1.165, 1.54) is 0 Å². The van der Waals surface area contributed by atoms with Crippen LogP contribution in [0.4, 0.5) is 5.82 Å². The first-order valence-corrected chi connectivity index (χ1v) is 7.79. The van der Waals surface area contributed by atoms with Crippen LogP contribution in [0.3, 0.4) is 0 Å². The lowest BCUT2D eigenvalue weighted by Gasteiger charge is -2.32. The van der Waals surface area contributed by atoms with E-state index in [1.54, 1.807) is 17.2 Å². The number of anilines is 1. The summed E-state index contributed by atoms with van der Waals surface area (Å²) in [5, 5.41) is 2.80. The summed E-state index contributed by atoms with van der Waals surface area (Å²) in [6.45, 7) is 1.51. The Hall–Kier alpha value is -1.18. The van der Waals surface area contributed by atoms with Crippen LogP contribution in [0.5, 0.6) is 0 Å². The number of nitrogens with zero attached hydrogens (tertiary/aromatic N) is 2. The first-order valence-electron chi connectivity index (χ1n) is 7.00. The molecule has 0 saturated carbocycles. The van der Waals surface area contributed by atoms with Crippen LogP contribution >= 0.6 is 28.3 Å². The third kappa shape index (κ3) is 5.23. The Morgan fingerprint density at radius 1 is 1.45 bits per heavy atom. The smallest absolute Gasteiger partial charge is 0.230 e. The summed E-state index contributed by atoms with van der Waals surface area (Å²) in [5.41, 5.74) is 5.41. The van der Waals surface area contributed by atoms with Gasteiger partial charge in [-0.15, -0.1) is 12.4 Å². The predicted octanol–water partition coefficient (Wildman–Crippen LogP) is 1.79. The average Bonchev–Trinajstić information content (AvgIpc) is 2.50. The zero-order valence-electron chi connectivity index (χ0n) is 12.1. The fourth-order valence-corrected chi connectivity index (χ4v) is 2.61. The van der Waals surface area contributed by atoms with Crippen molar-refractivity contribution in [3.05, 3.63) is 22.8 Å². The van der Waals surface area contributed by atoms with Crippen LogP contribution in [-0.4, -0.2) is 41.3 Å². The molecule has 1 aromatic rings. The number of nitrogens with two attached hydrogens (primary N) is 1. The highest BCUT2D eigenvalue weighted by molar-refractivity contribution is 9.10. The van der Waals surface area contributed by atoms with Gasteiger partial charge in [-0.25, -0.2) is 4.98 Å². The van der Waals surface area contributed by atoms with E-state index in [2.05, 4.69) is 26.2 Å². The van der Waals surface area contributed by atoms with Crippen molar-refractivity contribution in [3.8, 4) is 0 Å². The molecule has 22 heavy (non-hydrogen) atoms. The molecule has 1 aromatic heterocycles. The van der Waals surface area contributed by atoms with Gasteiger partial charge in [-0.3, -0.25) is 9.59 Å². The number of rotatable bonds is 4. The fraction of sp³-hybridized carbons (Fsp3) is 0.500. The molecule has 2 amide bonds. The van der Waals surface area contributed by atoms with E-state index >= 15 is 0 Å². The zero-order chi connectivity index (χ0) is 15.2. The molecule has 0 radical (unpaired) electrons. The van der Waals surface area contributed by atoms with E-state index in [1.807, 2.05) is 6.07 Å². The van der Waals surface area contributed by atoms with Gasteiger partial charge >= 0.3 is 0 Å². The van der Waals surface area contributed by atoms with Gasteiger partial charge in [0.1, 0.15) is 5.82 Å². The number of hydrogen-bond acceptors (Lipinski definition) is 4. The molecule has 1 unspecified atom stereocenters. The van der Waals surface area contributed by atoms with Gasteiger partial charge in [-0.1, -0.05) is 0 Å². The molecule has 2 rings (SSSR count). The fourth-order valence-electron chi connectivity index (χ4n) is 2.38. The quantitative estimate of drug-likeness (QED) is 0.819. The number of amides is 2. The molecule has 1 saturated heterocycles. The SMILES string of the molecule is Cl.NCCC(=O)N1CCCC(C(=O)Nc2ccc(Br)cn2)C1. The predicted molar refractivity (Wildman–Crippen MR) is 90.8 cm³/mol. The number of carbonyl (C=O) groups excluding carboxylic acids is 2. The zero-order valence-corrected chi connectivity index (χ0v) is 14.5. The second-order valence-corrected chi connectivity index (χ2v) is 5.98. The van der Waals surface area contributed by atoms with E-state index in [9.17, 15) is 9.59 Å². The van der Waals surface area contributed by atoms with Crippen molar-refractivity contribution >= 4 is 46.0 Å². The maximum atomic E-state index is 12.3. The van der Waals surface area contributed by atoms with Crippen molar-refractivity contribution in [2.24, 2.45) is 11.7 Å². The van der Waals surface area contributed by atoms with Crippen LogP contribution < -0.4 is 11.1 Å². The molecule has 2 heterocycles. The molecular formula is C14H20BrClN4O2. The van der Waals surface area contributed by atoms with Gasteiger partial charge < -0.3 is 16.0 Å². The highest BCUT2D eigenvalue weighted by atomic mass is 79.9. The average molecular weight is 392 g/mol. The van der Waals surface area contributed by atoms with Crippen LogP contribution in [-0.2, 0) is 9.59 Å². The molecule has 0 bridgehead atoms. The molecule has 3 N–H and O–H groups in total. The molecule has 1 fully saturated rings. The minimum Gasteiger partial charge on any atom is -0.342 e. The maximum Gasteiger partial charge on any atom is 0.230 e. The second kappa shape index (κ2) is 9.07. The first kappa shape index (κ1) is 18.9. The van der Waals surface area contributed by atoms with Gasteiger partial charge in [0.25, 0.3) is 0 Å². The van der Waals surface area contributed by atoms with Crippen LogP contribution in [0, 0.1) is 5.92 Å². The topological polar surface area (TPSA) is 88.3 Å². The third-order valence-corrected chi connectivity index (χ3v) is 3.95. The number of pyridine rings is 1. The van der Waals surface area contributed by atoms with E-state index in [4.69, 9.17) is 5.73 Å². The number of halogens is 2. The molecule has 6 nitrogen and oxygen atoms in total. The van der Waals surface area contributed by atoms with Crippen molar-refractivity contribution in [1.82, 2.24) is 9.88 Å². The van der Waals surface area contributed by atoms with Crippen LogP contribution in [0.2, 0.25) is 0 Å². The molecule has 1 aliphatic heterocycles. The minimum absolute atomic E-state index is 0. The molecule has 0 aromatic carbocycles. The van der Waals surface area contributed by atoms with Gasteiger partial charge in [0, 0.05) is 36.7 Å². The summed E-state index contributed by atoms with van der Waals surface area (Å²) in [7, 11) is 0. The summed E-state index contributed by atoms with van der Waals surface area (Å²) < 4.78 is 0.858. The second-order valence-electron chi connectivity index (χ2n) is 5.07. The Labute approximate surface area is 144 Å². The van der Waals surface area contributed by atoms with Gasteiger partial charge in [0.05, 0.1) is 5.92 Å². The number of likely N-dealkylation sites (tertiary alicyclic amines) is 1. The number of nitrogens with one attached hydrogen (secondary N) is 1. The van der Waals surface area contributed by atoms with Gasteiger partial charge in [0.15, 0.2) is 0 Å². The van der Waals surface area contributed by atoms with E-state index in [-0.39, 0.29) is 30.1 Å². The van der Waals surface area contributed by atoms with Crippen molar-refractivity contribution in [3.63, 3.8) is 0 Å². The number of piperidine rings is 1.